The second-order valence-corrected chi connectivity index (χ2v) is 7.36. The van der Waals surface area contributed by atoms with E-state index in [1.165, 1.54) is 0 Å². The predicted octanol–water partition coefficient (Wildman–Crippen LogP) is -0.583. The fourth-order valence-corrected chi connectivity index (χ4v) is 3.79. The molecule has 3 N–H and O–H groups in total. The molecular weight excluding hydrogens is 228 g/mol. The quantitative estimate of drug-likeness (QED) is 0.697. The lowest BCUT2D eigenvalue weighted by atomic mass is 9.96. The van der Waals surface area contributed by atoms with Crippen molar-refractivity contribution in [3.05, 3.63) is 0 Å². The van der Waals surface area contributed by atoms with Gasteiger partial charge in [-0.05, 0) is 32.1 Å². The Kier molecular flexibility index (Phi) is 2.74. The Morgan fingerprint density at radius 3 is 2.44 bits per heavy atom. The zero-order valence-corrected chi connectivity index (χ0v) is 10.2. The van der Waals surface area contributed by atoms with Crippen LogP contribution < -0.4 is 11.1 Å². The maximum atomic E-state index is 11.9. The van der Waals surface area contributed by atoms with Crippen LogP contribution in [-0.2, 0) is 14.6 Å². The van der Waals surface area contributed by atoms with Crippen LogP contribution in [0.3, 0.4) is 0 Å². The molecule has 2 fully saturated rings. The number of carbonyl (C=O) groups is 1. The molecule has 1 heterocycles. The molecule has 16 heavy (non-hydrogen) atoms. The Balaban J connectivity index is 1.93. The fraction of sp³-hybridized carbons (Fsp3) is 0.900. The highest BCUT2D eigenvalue weighted by Gasteiger charge is 2.45. The van der Waals surface area contributed by atoms with Gasteiger partial charge in [-0.3, -0.25) is 4.79 Å². The van der Waals surface area contributed by atoms with E-state index in [2.05, 4.69) is 5.32 Å². The summed E-state index contributed by atoms with van der Waals surface area (Å²) in [5.41, 5.74) is 5.11. The smallest absolute Gasteiger partial charge is 0.240 e. The summed E-state index contributed by atoms with van der Waals surface area (Å²) >= 11 is 0. The van der Waals surface area contributed by atoms with Crippen molar-refractivity contribution in [1.29, 1.82) is 0 Å². The average molecular weight is 246 g/mol. The largest absolute Gasteiger partial charge is 0.351 e. The summed E-state index contributed by atoms with van der Waals surface area (Å²) in [5, 5.41) is 2.75. The molecule has 0 aromatic heterocycles. The van der Waals surface area contributed by atoms with Gasteiger partial charge >= 0.3 is 0 Å². The van der Waals surface area contributed by atoms with Crippen molar-refractivity contribution < 1.29 is 13.2 Å². The third kappa shape index (κ3) is 2.38. The minimum atomic E-state index is -2.95. The van der Waals surface area contributed by atoms with Gasteiger partial charge in [-0.1, -0.05) is 0 Å². The predicted molar refractivity (Wildman–Crippen MR) is 60.5 cm³/mol. The topological polar surface area (TPSA) is 89.3 Å². The summed E-state index contributed by atoms with van der Waals surface area (Å²) in [6.07, 6.45) is 2.49. The van der Waals surface area contributed by atoms with E-state index < -0.39 is 15.4 Å². The molecular formula is C10H18N2O3S. The Morgan fingerprint density at radius 1 is 1.38 bits per heavy atom. The molecule has 1 saturated carbocycles. The van der Waals surface area contributed by atoms with Crippen molar-refractivity contribution in [2.24, 2.45) is 11.7 Å². The second kappa shape index (κ2) is 3.70. The Labute approximate surface area is 95.7 Å². The summed E-state index contributed by atoms with van der Waals surface area (Å²) < 4.78 is 22.5. The molecule has 5 nitrogen and oxygen atoms in total. The first-order valence-electron chi connectivity index (χ1n) is 5.61. The Bertz CT molecular complexity index is 398. The van der Waals surface area contributed by atoms with E-state index in [9.17, 15) is 13.2 Å². The van der Waals surface area contributed by atoms with Gasteiger partial charge in [0.15, 0.2) is 9.84 Å². The number of nitrogens with two attached hydrogens (primary N) is 1. The summed E-state index contributed by atoms with van der Waals surface area (Å²) in [6, 6.07) is -0.251. The van der Waals surface area contributed by atoms with Crippen LogP contribution in [0, 0.1) is 5.92 Å². The molecule has 1 amide bonds. The van der Waals surface area contributed by atoms with E-state index in [4.69, 9.17) is 5.73 Å². The molecule has 1 aliphatic heterocycles. The van der Waals surface area contributed by atoms with E-state index in [0.717, 1.165) is 12.8 Å². The van der Waals surface area contributed by atoms with E-state index in [1.54, 1.807) is 6.92 Å². The van der Waals surface area contributed by atoms with Crippen LogP contribution in [0.4, 0.5) is 0 Å². The number of nitrogens with one attached hydrogen (secondary N) is 1. The highest BCUT2D eigenvalue weighted by molar-refractivity contribution is 7.91. The van der Waals surface area contributed by atoms with Gasteiger partial charge in [-0.25, -0.2) is 8.42 Å². The van der Waals surface area contributed by atoms with E-state index in [1.807, 2.05) is 0 Å². The molecule has 2 unspecified atom stereocenters. The molecule has 0 radical (unpaired) electrons. The molecule has 0 aromatic carbocycles. The van der Waals surface area contributed by atoms with Crippen molar-refractivity contribution in [3.8, 4) is 0 Å². The first kappa shape index (κ1) is 11.9. The second-order valence-electron chi connectivity index (χ2n) is 5.13. The third-order valence-electron chi connectivity index (χ3n) is 3.48. The molecule has 2 atom stereocenters. The maximum absolute atomic E-state index is 11.9. The standard InChI is InChI=1S/C10H18N2O3S/c1-10(11,7-2-3-7)9(13)12-8-4-5-16(14,15)6-8/h7-8H,2-6,11H2,1H3,(H,12,13). The molecule has 1 aliphatic carbocycles. The van der Waals surface area contributed by atoms with Crippen LogP contribution >= 0.6 is 0 Å². The number of sulfone groups is 1. The average Bonchev–Trinajstić information content (AvgIpc) is 2.93. The van der Waals surface area contributed by atoms with Crippen LogP contribution in [0.25, 0.3) is 0 Å². The highest BCUT2D eigenvalue weighted by Crippen LogP contribution is 2.38. The molecule has 0 aromatic rings. The highest BCUT2D eigenvalue weighted by atomic mass is 32.2. The fourth-order valence-electron chi connectivity index (χ4n) is 2.12. The maximum Gasteiger partial charge on any atom is 0.240 e. The molecule has 0 spiro atoms. The van der Waals surface area contributed by atoms with Crippen molar-refractivity contribution in [2.45, 2.75) is 37.8 Å². The van der Waals surface area contributed by atoms with Gasteiger partial charge in [-0.15, -0.1) is 0 Å². The first-order chi connectivity index (χ1) is 7.31. The van der Waals surface area contributed by atoms with E-state index >= 15 is 0 Å². The SMILES string of the molecule is CC(N)(C(=O)NC1CCS(=O)(=O)C1)C1CC1. The summed E-state index contributed by atoms with van der Waals surface area (Å²) in [4.78, 5) is 11.9. The lowest BCUT2D eigenvalue weighted by Crippen LogP contribution is -2.55. The number of carbonyl (C=O) groups excluding carboxylic acids is 1. The zero-order chi connectivity index (χ0) is 12.0. The van der Waals surface area contributed by atoms with Gasteiger partial charge in [-0.2, -0.15) is 0 Å². The molecule has 2 rings (SSSR count). The minimum absolute atomic E-state index is 0.0550. The van der Waals surface area contributed by atoms with Gasteiger partial charge < -0.3 is 11.1 Å². The van der Waals surface area contributed by atoms with E-state index in [-0.39, 0.29) is 29.4 Å². The number of hydrogen-bond donors (Lipinski definition) is 2. The number of amides is 1. The lowest BCUT2D eigenvalue weighted by molar-refractivity contribution is -0.127. The van der Waals surface area contributed by atoms with Crippen molar-refractivity contribution in [2.75, 3.05) is 11.5 Å². The van der Waals surface area contributed by atoms with Gasteiger partial charge in [0.05, 0.1) is 17.0 Å². The van der Waals surface area contributed by atoms with Crippen LogP contribution in [0.1, 0.15) is 26.2 Å². The lowest BCUT2D eigenvalue weighted by Gasteiger charge is -2.25. The molecule has 1 saturated heterocycles. The van der Waals surface area contributed by atoms with Crippen molar-refractivity contribution >= 4 is 15.7 Å². The molecule has 2 aliphatic rings. The van der Waals surface area contributed by atoms with Crippen LogP contribution in [0.5, 0.6) is 0 Å². The van der Waals surface area contributed by atoms with Crippen molar-refractivity contribution in [1.82, 2.24) is 5.32 Å². The third-order valence-corrected chi connectivity index (χ3v) is 5.25. The zero-order valence-electron chi connectivity index (χ0n) is 9.40. The molecule has 92 valence electrons. The molecule has 6 heteroatoms. The summed E-state index contributed by atoms with van der Waals surface area (Å²) in [5.74, 6) is 0.268. The normalized spacial score (nSPS) is 32.0. The first-order valence-corrected chi connectivity index (χ1v) is 7.44. The minimum Gasteiger partial charge on any atom is -0.351 e. The number of hydrogen-bond acceptors (Lipinski definition) is 4. The number of rotatable bonds is 3. The monoisotopic (exact) mass is 246 g/mol. The summed E-state index contributed by atoms with van der Waals surface area (Å²) in [6.45, 7) is 1.73. The Hall–Kier alpha value is -0.620. The van der Waals surface area contributed by atoms with Gasteiger partial charge in [0.2, 0.25) is 5.91 Å². The van der Waals surface area contributed by atoms with Crippen LogP contribution in [0.2, 0.25) is 0 Å². The Morgan fingerprint density at radius 2 is 2.00 bits per heavy atom. The molecule has 0 bridgehead atoms. The van der Waals surface area contributed by atoms with E-state index in [0.29, 0.717) is 6.42 Å². The van der Waals surface area contributed by atoms with Gasteiger partial charge in [0, 0.05) is 6.04 Å². The summed E-state index contributed by atoms with van der Waals surface area (Å²) in [7, 11) is -2.95. The van der Waals surface area contributed by atoms with Crippen LogP contribution in [0.15, 0.2) is 0 Å². The van der Waals surface area contributed by atoms with Crippen LogP contribution in [-0.4, -0.2) is 37.4 Å². The van der Waals surface area contributed by atoms with Crippen molar-refractivity contribution in [3.63, 3.8) is 0 Å². The van der Waals surface area contributed by atoms with Gasteiger partial charge in [0.25, 0.3) is 0 Å². The van der Waals surface area contributed by atoms with Gasteiger partial charge in [0.1, 0.15) is 0 Å².